The van der Waals surface area contributed by atoms with Crippen LogP contribution < -0.4 is 20.1 Å². The molecule has 3 rings (SSSR count). The maximum Gasteiger partial charge on any atom is 0.248 e. The number of hydrogen-bond donors (Lipinski definition) is 2. The minimum absolute atomic E-state index is 0.183. The Morgan fingerprint density at radius 3 is 2.40 bits per heavy atom. The second-order valence-electron chi connectivity index (χ2n) is 7.45. The number of amides is 2. The number of carbonyl (C=O) groups excluding carboxylic acids is 2. The van der Waals surface area contributed by atoms with E-state index < -0.39 is 0 Å². The number of hydrogen-bond acceptors (Lipinski definition) is 5. The van der Waals surface area contributed by atoms with E-state index in [0.29, 0.717) is 34.3 Å². The van der Waals surface area contributed by atoms with Gasteiger partial charge in [-0.2, -0.15) is 0 Å². The largest absolute Gasteiger partial charge is 0.495 e. The fourth-order valence-electron chi connectivity index (χ4n) is 3.22. The van der Waals surface area contributed by atoms with E-state index in [4.69, 9.17) is 21.1 Å². The normalized spacial score (nSPS) is 11.7. The maximum absolute atomic E-state index is 13.0. The fraction of sp³-hybridized carbons (Fsp3) is 0.185. The van der Waals surface area contributed by atoms with Crippen LogP contribution in [0.5, 0.6) is 11.5 Å². The molecule has 0 fully saturated rings. The van der Waals surface area contributed by atoms with Crippen molar-refractivity contribution in [2.24, 2.45) is 0 Å². The second-order valence-corrected chi connectivity index (χ2v) is 9.14. The molecular weight excluding hydrogens is 484 g/mol. The van der Waals surface area contributed by atoms with Crippen molar-refractivity contribution in [3.63, 3.8) is 0 Å². The summed E-state index contributed by atoms with van der Waals surface area (Å²) in [5.41, 5.74) is 2.06. The highest BCUT2D eigenvalue weighted by Gasteiger charge is 2.21. The number of carbonyl (C=O) groups is 2. The Hall–Kier alpha value is -3.42. The summed E-state index contributed by atoms with van der Waals surface area (Å²) in [5.74, 6) is 0.495. The highest BCUT2D eigenvalue weighted by molar-refractivity contribution is 8.00. The van der Waals surface area contributed by atoms with Crippen molar-refractivity contribution in [1.29, 1.82) is 0 Å². The molecule has 8 heteroatoms. The van der Waals surface area contributed by atoms with Crippen molar-refractivity contribution in [1.82, 2.24) is 0 Å². The monoisotopic (exact) mass is 510 g/mol. The van der Waals surface area contributed by atoms with Crippen LogP contribution in [0.4, 0.5) is 11.4 Å². The number of ether oxygens (including phenoxy) is 2. The average Bonchev–Trinajstić information content (AvgIpc) is 2.87. The van der Waals surface area contributed by atoms with Gasteiger partial charge in [0.15, 0.2) is 0 Å². The Bertz CT molecular complexity index is 1200. The van der Waals surface area contributed by atoms with Crippen molar-refractivity contribution in [2.45, 2.75) is 23.5 Å². The lowest BCUT2D eigenvalue weighted by Crippen LogP contribution is -2.24. The molecule has 35 heavy (non-hydrogen) atoms. The summed E-state index contributed by atoms with van der Waals surface area (Å²) in [7, 11) is 3.03. The number of methoxy groups -OCH3 is 2. The Morgan fingerprint density at radius 2 is 1.71 bits per heavy atom. The van der Waals surface area contributed by atoms with Gasteiger partial charge in [0.1, 0.15) is 11.5 Å². The third-order valence-corrected chi connectivity index (χ3v) is 6.66. The predicted octanol–water partition coefficient (Wildman–Crippen LogP) is 6.52. The van der Waals surface area contributed by atoms with Gasteiger partial charge in [-0.3, -0.25) is 9.59 Å². The van der Waals surface area contributed by atoms with E-state index in [-0.39, 0.29) is 17.1 Å². The van der Waals surface area contributed by atoms with E-state index >= 15 is 0 Å². The maximum atomic E-state index is 13.0. The first-order chi connectivity index (χ1) is 16.9. The molecule has 6 nitrogen and oxygen atoms in total. The van der Waals surface area contributed by atoms with Gasteiger partial charge in [-0.15, -0.1) is 11.8 Å². The van der Waals surface area contributed by atoms with E-state index in [2.05, 4.69) is 10.6 Å². The molecule has 0 radical (unpaired) electrons. The molecule has 0 aliphatic heterocycles. The molecule has 0 spiro atoms. The molecular formula is C27H27ClN2O4S. The summed E-state index contributed by atoms with van der Waals surface area (Å²) in [4.78, 5) is 26.2. The minimum Gasteiger partial charge on any atom is -0.495 e. The summed E-state index contributed by atoms with van der Waals surface area (Å²) in [6.07, 6.45) is 3.84. The molecule has 0 bridgehead atoms. The van der Waals surface area contributed by atoms with Gasteiger partial charge in [-0.05, 0) is 42.3 Å². The predicted molar refractivity (Wildman–Crippen MR) is 144 cm³/mol. The summed E-state index contributed by atoms with van der Waals surface area (Å²) < 4.78 is 10.6. The topological polar surface area (TPSA) is 76.7 Å². The molecule has 0 heterocycles. The Balaban J connectivity index is 1.66. The third-order valence-electron chi connectivity index (χ3n) is 5.00. The lowest BCUT2D eigenvalue weighted by molar-refractivity contribution is -0.115. The van der Waals surface area contributed by atoms with Crippen molar-refractivity contribution in [2.75, 3.05) is 24.9 Å². The summed E-state index contributed by atoms with van der Waals surface area (Å²) in [6, 6.07) is 20.2. The first-order valence-electron chi connectivity index (χ1n) is 11.0. The number of benzene rings is 3. The van der Waals surface area contributed by atoms with Gasteiger partial charge in [0.2, 0.25) is 11.8 Å². The molecule has 1 unspecified atom stereocenters. The Morgan fingerprint density at radius 1 is 0.971 bits per heavy atom. The van der Waals surface area contributed by atoms with Crippen LogP contribution in [0.25, 0.3) is 6.08 Å². The number of anilines is 2. The van der Waals surface area contributed by atoms with Gasteiger partial charge in [0.05, 0.1) is 30.2 Å². The average molecular weight is 511 g/mol. The zero-order valence-corrected chi connectivity index (χ0v) is 21.3. The van der Waals surface area contributed by atoms with Crippen LogP contribution in [-0.4, -0.2) is 31.3 Å². The smallest absolute Gasteiger partial charge is 0.248 e. The van der Waals surface area contributed by atoms with Gasteiger partial charge in [0, 0.05) is 22.7 Å². The van der Waals surface area contributed by atoms with Crippen LogP contribution >= 0.6 is 23.4 Å². The summed E-state index contributed by atoms with van der Waals surface area (Å²) >= 11 is 7.64. The van der Waals surface area contributed by atoms with E-state index in [1.807, 2.05) is 61.5 Å². The van der Waals surface area contributed by atoms with Gasteiger partial charge in [-0.1, -0.05) is 54.9 Å². The first kappa shape index (κ1) is 26.2. The van der Waals surface area contributed by atoms with Crippen LogP contribution in [0.1, 0.15) is 18.9 Å². The Kier molecular flexibility index (Phi) is 9.64. The van der Waals surface area contributed by atoms with Gasteiger partial charge >= 0.3 is 0 Å². The molecule has 0 aliphatic rings. The van der Waals surface area contributed by atoms with Crippen LogP contribution in [0, 0.1) is 0 Å². The van der Waals surface area contributed by atoms with Crippen molar-refractivity contribution in [3.05, 3.63) is 83.4 Å². The van der Waals surface area contributed by atoms with Crippen molar-refractivity contribution >= 4 is 52.6 Å². The molecule has 3 aromatic rings. The minimum atomic E-state index is -0.371. The molecule has 2 N–H and O–H groups in total. The van der Waals surface area contributed by atoms with Gasteiger partial charge in [0.25, 0.3) is 0 Å². The molecule has 0 saturated heterocycles. The van der Waals surface area contributed by atoms with E-state index in [9.17, 15) is 9.59 Å². The zero-order chi connectivity index (χ0) is 25.2. The fourth-order valence-corrected chi connectivity index (χ4v) is 4.48. The molecule has 182 valence electrons. The molecule has 3 aromatic carbocycles. The number of nitrogens with one attached hydrogen (secondary N) is 2. The van der Waals surface area contributed by atoms with Gasteiger partial charge < -0.3 is 20.1 Å². The number of halogens is 1. The molecule has 0 aliphatic carbocycles. The van der Waals surface area contributed by atoms with Crippen LogP contribution in [0.3, 0.4) is 0 Å². The quantitative estimate of drug-likeness (QED) is 0.240. The van der Waals surface area contributed by atoms with E-state index in [1.165, 1.54) is 32.1 Å². The highest BCUT2D eigenvalue weighted by atomic mass is 35.5. The molecule has 0 saturated carbocycles. The Labute approximate surface area is 214 Å². The van der Waals surface area contributed by atoms with Crippen LogP contribution in [0.15, 0.2) is 77.7 Å². The van der Waals surface area contributed by atoms with E-state index in [0.717, 1.165) is 10.5 Å². The van der Waals surface area contributed by atoms with Gasteiger partial charge in [-0.25, -0.2) is 0 Å². The third kappa shape index (κ3) is 7.53. The van der Waals surface area contributed by atoms with Crippen LogP contribution in [-0.2, 0) is 9.59 Å². The molecule has 0 aromatic heterocycles. The summed E-state index contributed by atoms with van der Waals surface area (Å²) in [6.45, 7) is 1.94. The van der Waals surface area contributed by atoms with Crippen molar-refractivity contribution in [3.8, 4) is 11.5 Å². The van der Waals surface area contributed by atoms with Crippen LogP contribution in [0.2, 0.25) is 5.02 Å². The number of thioether (sulfide) groups is 1. The number of rotatable bonds is 10. The highest BCUT2D eigenvalue weighted by Crippen LogP contribution is 2.37. The lowest BCUT2D eigenvalue weighted by Gasteiger charge is -2.17. The standard InChI is InChI=1S/C27H27ClN2O4S/c1-4-25(27(32)30-22-16-21(28)23(33-2)17-24(22)34-3)35-20-12-8-11-19(15-20)29-26(31)14-13-18-9-6-5-7-10-18/h5-17,25H,4H2,1-3H3,(H,29,31)(H,30,32)/b14-13+. The lowest BCUT2D eigenvalue weighted by atomic mass is 10.2. The molecule has 2 amide bonds. The van der Waals surface area contributed by atoms with Crippen molar-refractivity contribution < 1.29 is 19.1 Å². The molecule has 1 atom stereocenters. The summed E-state index contributed by atoms with van der Waals surface area (Å²) in [5, 5.41) is 5.76. The SMILES string of the molecule is CCC(Sc1cccc(NC(=O)/C=C/c2ccccc2)c1)C(=O)Nc1cc(Cl)c(OC)cc1OC. The second kappa shape index (κ2) is 12.9. The van der Waals surface area contributed by atoms with E-state index in [1.54, 1.807) is 18.2 Å². The first-order valence-corrected chi connectivity index (χ1v) is 12.2. The zero-order valence-electron chi connectivity index (χ0n) is 19.7.